The fourth-order valence-electron chi connectivity index (χ4n) is 3.78. The largest absolute Gasteiger partial charge is 0.462 e. The van der Waals surface area contributed by atoms with Crippen molar-refractivity contribution in [1.82, 2.24) is 9.38 Å². The smallest absolute Gasteiger partial charge is 0.338 e. The van der Waals surface area contributed by atoms with Crippen molar-refractivity contribution in [3.8, 4) is 17.7 Å². The number of aryl methyl sites for hydroxylation is 2. The second-order valence-corrected chi connectivity index (χ2v) is 8.41. The first-order valence-electron chi connectivity index (χ1n) is 11.8. The topological polar surface area (TPSA) is 123 Å². The van der Waals surface area contributed by atoms with Crippen LogP contribution in [-0.4, -0.2) is 27.9 Å². The maximum absolute atomic E-state index is 13.4. The SMILES string of the molecule is CCOC(=O)c1ccc(NC(=O)/C(C#N)=C\c2c(Oc3cc(C)cc(C)c3)nc3ccccn3c2=O)cc1. The number of rotatable bonds is 7. The molecular weight excluding hydrogens is 484 g/mol. The van der Waals surface area contributed by atoms with Gasteiger partial charge in [-0.05, 0) is 86.5 Å². The first-order chi connectivity index (χ1) is 18.3. The van der Waals surface area contributed by atoms with E-state index in [9.17, 15) is 19.6 Å². The molecule has 2 heterocycles. The highest BCUT2D eigenvalue weighted by Gasteiger charge is 2.18. The number of anilines is 1. The molecule has 0 spiro atoms. The molecule has 9 heteroatoms. The van der Waals surface area contributed by atoms with E-state index in [1.54, 1.807) is 43.5 Å². The number of fused-ring (bicyclic) bond motifs is 1. The molecule has 0 saturated carbocycles. The zero-order valence-electron chi connectivity index (χ0n) is 21.0. The Morgan fingerprint density at radius 1 is 1.08 bits per heavy atom. The van der Waals surface area contributed by atoms with Gasteiger partial charge in [0.05, 0.1) is 12.2 Å². The number of esters is 1. The number of carbonyl (C=O) groups excluding carboxylic acids is 2. The summed E-state index contributed by atoms with van der Waals surface area (Å²) in [6.45, 7) is 5.78. The number of nitrogens with zero attached hydrogens (tertiary/aromatic N) is 3. The maximum atomic E-state index is 13.4. The first kappa shape index (κ1) is 25.9. The van der Waals surface area contributed by atoms with Crippen LogP contribution in [0.1, 0.15) is 34.0 Å². The van der Waals surface area contributed by atoms with Crippen LogP contribution in [0.2, 0.25) is 0 Å². The number of pyridine rings is 1. The fourth-order valence-corrected chi connectivity index (χ4v) is 3.78. The summed E-state index contributed by atoms with van der Waals surface area (Å²) in [6.07, 6.45) is 2.70. The predicted molar refractivity (Wildman–Crippen MR) is 142 cm³/mol. The highest BCUT2D eigenvalue weighted by Crippen LogP contribution is 2.26. The molecule has 190 valence electrons. The molecule has 0 radical (unpaired) electrons. The second kappa shape index (κ2) is 11.2. The average molecular weight is 509 g/mol. The molecule has 0 atom stereocenters. The molecule has 0 bridgehead atoms. The maximum Gasteiger partial charge on any atom is 0.338 e. The van der Waals surface area contributed by atoms with Crippen LogP contribution in [0.5, 0.6) is 11.6 Å². The third kappa shape index (κ3) is 5.77. The Hall–Kier alpha value is -5.23. The molecule has 2 aromatic heterocycles. The highest BCUT2D eigenvalue weighted by molar-refractivity contribution is 6.10. The van der Waals surface area contributed by atoms with Gasteiger partial charge in [-0.1, -0.05) is 12.1 Å². The first-order valence-corrected chi connectivity index (χ1v) is 11.8. The molecule has 38 heavy (non-hydrogen) atoms. The molecule has 0 unspecified atom stereocenters. The zero-order chi connectivity index (χ0) is 27.2. The van der Waals surface area contributed by atoms with E-state index in [0.717, 1.165) is 17.2 Å². The lowest BCUT2D eigenvalue weighted by Gasteiger charge is -2.11. The summed E-state index contributed by atoms with van der Waals surface area (Å²) in [5, 5.41) is 12.4. The van der Waals surface area contributed by atoms with Gasteiger partial charge in [-0.2, -0.15) is 10.2 Å². The van der Waals surface area contributed by atoms with Gasteiger partial charge in [0, 0.05) is 11.9 Å². The van der Waals surface area contributed by atoms with Crippen molar-refractivity contribution in [2.75, 3.05) is 11.9 Å². The minimum Gasteiger partial charge on any atom is -0.462 e. The van der Waals surface area contributed by atoms with E-state index >= 15 is 0 Å². The van der Waals surface area contributed by atoms with Crippen LogP contribution in [0.3, 0.4) is 0 Å². The van der Waals surface area contributed by atoms with E-state index in [1.807, 2.05) is 26.0 Å². The molecule has 0 aliphatic heterocycles. The zero-order valence-corrected chi connectivity index (χ0v) is 21.0. The van der Waals surface area contributed by atoms with Crippen LogP contribution in [-0.2, 0) is 9.53 Å². The van der Waals surface area contributed by atoms with Gasteiger partial charge in [-0.3, -0.25) is 14.0 Å². The van der Waals surface area contributed by atoms with Crippen molar-refractivity contribution in [3.63, 3.8) is 0 Å². The summed E-state index contributed by atoms with van der Waals surface area (Å²) in [7, 11) is 0. The quantitative estimate of drug-likeness (QED) is 0.216. The Morgan fingerprint density at radius 2 is 1.79 bits per heavy atom. The number of nitrogens with one attached hydrogen (secondary N) is 1. The molecule has 0 aliphatic carbocycles. The van der Waals surface area contributed by atoms with Gasteiger partial charge in [0.2, 0.25) is 5.88 Å². The summed E-state index contributed by atoms with van der Waals surface area (Å²) < 4.78 is 12.3. The monoisotopic (exact) mass is 508 g/mol. The lowest BCUT2D eigenvalue weighted by atomic mass is 10.1. The summed E-state index contributed by atoms with van der Waals surface area (Å²) in [5.74, 6) is -0.797. The number of ether oxygens (including phenoxy) is 2. The third-order valence-corrected chi connectivity index (χ3v) is 5.45. The number of hydrogen-bond acceptors (Lipinski definition) is 7. The van der Waals surface area contributed by atoms with Gasteiger partial charge >= 0.3 is 5.97 Å². The Bertz CT molecular complexity index is 1640. The summed E-state index contributed by atoms with van der Waals surface area (Å²) in [6, 6.07) is 18.5. The number of amides is 1. The highest BCUT2D eigenvalue weighted by atomic mass is 16.5. The lowest BCUT2D eigenvalue weighted by Crippen LogP contribution is -2.20. The van der Waals surface area contributed by atoms with Gasteiger partial charge < -0.3 is 14.8 Å². The van der Waals surface area contributed by atoms with Crippen molar-refractivity contribution >= 4 is 29.3 Å². The normalized spacial score (nSPS) is 11.1. The predicted octanol–water partition coefficient (Wildman–Crippen LogP) is 4.83. The minimum atomic E-state index is -0.744. The number of hydrogen-bond donors (Lipinski definition) is 1. The second-order valence-electron chi connectivity index (χ2n) is 8.41. The van der Waals surface area contributed by atoms with Crippen LogP contribution >= 0.6 is 0 Å². The van der Waals surface area contributed by atoms with Crippen LogP contribution in [0.25, 0.3) is 11.7 Å². The molecule has 0 saturated heterocycles. The van der Waals surface area contributed by atoms with Crippen molar-refractivity contribution in [2.24, 2.45) is 0 Å². The number of nitriles is 1. The Labute approximate surface area is 218 Å². The van der Waals surface area contributed by atoms with E-state index in [2.05, 4.69) is 10.3 Å². The van der Waals surface area contributed by atoms with Gasteiger partial charge in [-0.15, -0.1) is 0 Å². The summed E-state index contributed by atoms with van der Waals surface area (Å²) >= 11 is 0. The summed E-state index contributed by atoms with van der Waals surface area (Å²) in [4.78, 5) is 42.6. The number of carbonyl (C=O) groups is 2. The molecule has 4 rings (SSSR count). The number of aromatic nitrogens is 2. The third-order valence-electron chi connectivity index (χ3n) is 5.45. The van der Waals surface area contributed by atoms with Gasteiger partial charge in [0.1, 0.15) is 28.6 Å². The summed E-state index contributed by atoms with van der Waals surface area (Å²) in [5.41, 5.74) is 2.04. The molecule has 1 N–H and O–H groups in total. The van der Waals surface area contributed by atoms with E-state index in [1.165, 1.54) is 28.7 Å². The van der Waals surface area contributed by atoms with Crippen LogP contribution in [0.4, 0.5) is 5.69 Å². The van der Waals surface area contributed by atoms with Crippen molar-refractivity contribution in [2.45, 2.75) is 20.8 Å². The van der Waals surface area contributed by atoms with Gasteiger partial charge in [-0.25, -0.2) is 4.79 Å². The van der Waals surface area contributed by atoms with Gasteiger partial charge in [0.15, 0.2) is 0 Å². The van der Waals surface area contributed by atoms with Crippen LogP contribution in [0.15, 0.2) is 77.2 Å². The van der Waals surface area contributed by atoms with Crippen molar-refractivity contribution < 1.29 is 19.1 Å². The standard InChI is InChI=1S/C29H24N4O5/c1-4-37-29(36)20-8-10-22(11-9-20)31-26(34)21(17-30)16-24-27(38-23-14-18(2)13-19(3)15-23)32-25-7-5-6-12-33(25)28(24)35/h5-16H,4H2,1-3H3,(H,31,34)/b21-16-. The molecule has 9 nitrogen and oxygen atoms in total. The molecule has 0 aliphatic rings. The molecule has 2 aromatic carbocycles. The average Bonchev–Trinajstić information content (AvgIpc) is 2.88. The molecule has 4 aromatic rings. The van der Waals surface area contributed by atoms with Gasteiger partial charge in [0.25, 0.3) is 11.5 Å². The van der Waals surface area contributed by atoms with Crippen molar-refractivity contribution in [1.29, 1.82) is 5.26 Å². The number of benzene rings is 2. The minimum absolute atomic E-state index is 0.0365. The molecule has 0 fully saturated rings. The molecular formula is C29H24N4O5. The Balaban J connectivity index is 1.71. The fraction of sp³-hybridized carbons (Fsp3) is 0.138. The Morgan fingerprint density at radius 3 is 2.45 bits per heavy atom. The molecule has 1 amide bonds. The van der Waals surface area contributed by atoms with E-state index in [0.29, 0.717) is 22.6 Å². The van der Waals surface area contributed by atoms with Crippen molar-refractivity contribution in [3.05, 3.63) is 105 Å². The van der Waals surface area contributed by atoms with E-state index in [-0.39, 0.29) is 23.6 Å². The lowest BCUT2D eigenvalue weighted by molar-refractivity contribution is -0.112. The van der Waals surface area contributed by atoms with Crippen LogP contribution < -0.4 is 15.6 Å². The van der Waals surface area contributed by atoms with E-state index in [4.69, 9.17) is 9.47 Å². The van der Waals surface area contributed by atoms with E-state index < -0.39 is 17.4 Å². The van der Waals surface area contributed by atoms with Crippen LogP contribution in [0, 0.1) is 25.2 Å². The Kier molecular flexibility index (Phi) is 7.63.